The van der Waals surface area contributed by atoms with Gasteiger partial charge >= 0.3 is 0 Å². The maximum absolute atomic E-state index is 12.8. The van der Waals surface area contributed by atoms with E-state index in [1.165, 1.54) is 5.56 Å². The number of aromatic amines is 2. The van der Waals surface area contributed by atoms with Crippen LogP contribution in [0.2, 0.25) is 0 Å². The smallest absolute Gasteiger partial charge is 0.260 e. The molecule has 3 heterocycles. The molecule has 5 N–H and O–H groups in total. The number of rotatable bonds is 4. The van der Waals surface area contributed by atoms with Crippen molar-refractivity contribution in [3.05, 3.63) is 71.5 Å². The third kappa shape index (κ3) is 3.42. The molecule has 2 aromatic heterocycles. The molecule has 150 valence electrons. The van der Waals surface area contributed by atoms with Crippen LogP contribution in [-0.4, -0.2) is 37.8 Å². The van der Waals surface area contributed by atoms with Crippen LogP contribution in [0.15, 0.2) is 54.9 Å². The SMILES string of the molecule is O=C(Nc1ncc[nH]1)c1cccc2[nH]c(NC(=O)[C@@H]3Cc4ccccc4CN3)nc12. The van der Waals surface area contributed by atoms with E-state index in [2.05, 4.69) is 42.0 Å². The summed E-state index contributed by atoms with van der Waals surface area (Å²) in [5.74, 6) is 0.134. The molecule has 9 heteroatoms. The van der Waals surface area contributed by atoms with Crippen LogP contribution in [0.5, 0.6) is 0 Å². The van der Waals surface area contributed by atoms with Crippen molar-refractivity contribution in [2.24, 2.45) is 0 Å². The summed E-state index contributed by atoms with van der Waals surface area (Å²) in [4.78, 5) is 39.7. The van der Waals surface area contributed by atoms with E-state index >= 15 is 0 Å². The summed E-state index contributed by atoms with van der Waals surface area (Å²) in [7, 11) is 0. The molecule has 0 aliphatic carbocycles. The molecule has 4 aromatic rings. The summed E-state index contributed by atoms with van der Waals surface area (Å²) in [6.45, 7) is 0.644. The zero-order chi connectivity index (χ0) is 20.5. The number of amides is 2. The Morgan fingerprint density at radius 2 is 1.87 bits per heavy atom. The molecule has 1 aliphatic rings. The van der Waals surface area contributed by atoms with Crippen molar-refractivity contribution < 1.29 is 9.59 Å². The maximum Gasteiger partial charge on any atom is 0.260 e. The minimum atomic E-state index is -0.352. The number of carbonyl (C=O) groups excluding carboxylic acids is 2. The lowest BCUT2D eigenvalue weighted by molar-refractivity contribution is -0.118. The first kappa shape index (κ1) is 18.1. The Morgan fingerprint density at radius 1 is 1.00 bits per heavy atom. The minimum Gasteiger partial charge on any atom is -0.331 e. The van der Waals surface area contributed by atoms with E-state index in [-0.39, 0.29) is 17.9 Å². The Balaban J connectivity index is 1.34. The summed E-state index contributed by atoms with van der Waals surface area (Å²) in [6.07, 6.45) is 3.78. The second-order valence-electron chi connectivity index (χ2n) is 7.07. The van der Waals surface area contributed by atoms with Gasteiger partial charge in [-0.05, 0) is 29.7 Å². The van der Waals surface area contributed by atoms with Crippen molar-refractivity contribution in [2.45, 2.75) is 19.0 Å². The largest absolute Gasteiger partial charge is 0.331 e. The number of aromatic nitrogens is 4. The third-order valence-electron chi connectivity index (χ3n) is 5.13. The second kappa shape index (κ2) is 7.45. The highest BCUT2D eigenvalue weighted by Crippen LogP contribution is 2.21. The molecule has 1 aliphatic heterocycles. The van der Waals surface area contributed by atoms with E-state index in [1.807, 2.05) is 18.2 Å². The van der Waals surface area contributed by atoms with E-state index in [9.17, 15) is 9.59 Å². The number of nitrogens with zero attached hydrogens (tertiary/aromatic N) is 2. The van der Waals surface area contributed by atoms with Gasteiger partial charge in [-0.3, -0.25) is 20.2 Å². The quantitative estimate of drug-likeness (QED) is 0.358. The number of imidazole rings is 2. The van der Waals surface area contributed by atoms with Gasteiger partial charge in [0.1, 0.15) is 5.52 Å². The van der Waals surface area contributed by atoms with Crippen LogP contribution in [0.1, 0.15) is 21.5 Å². The van der Waals surface area contributed by atoms with Crippen LogP contribution in [0.3, 0.4) is 0 Å². The number of nitrogens with one attached hydrogen (secondary N) is 5. The van der Waals surface area contributed by atoms with Gasteiger partial charge in [0.05, 0.1) is 17.1 Å². The monoisotopic (exact) mass is 401 g/mol. The molecule has 0 radical (unpaired) electrons. The third-order valence-corrected chi connectivity index (χ3v) is 5.13. The number of hydrogen-bond donors (Lipinski definition) is 5. The van der Waals surface area contributed by atoms with Gasteiger partial charge in [0.15, 0.2) is 0 Å². The van der Waals surface area contributed by atoms with E-state index in [0.29, 0.717) is 41.5 Å². The van der Waals surface area contributed by atoms with Crippen LogP contribution in [-0.2, 0) is 17.8 Å². The highest BCUT2D eigenvalue weighted by Gasteiger charge is 2.25. The zero-order valence-corrected chi connectivity index (χ0v) is 15.9. The van der Waals surface area contributed by atoms with Crippen molar-refractivity contribution in [2.75, 3.05) is 10.6 Å². The fourth-order valence-corrected chi connectivity index (χ4v) is 3.63. The maximum atomic E-state index is 12.8. The molecule has 2 amide bonds. The first-order chi connectivity index (χ1) is 14.7. The van der Waals surface area contributed by atoms with Crippen molar-refractivity contribution >= 4 is 34.7 Å². The number of anilines is 2. The first-order valence-corrected chi connectivity index (χ1v) is 9.58. The lowest BCUT2D eigenvalue weighted by atomic mass is 9.95. The standard InChI is InChI=1S/C21H19N7O2/c29-18(27-20-22-8-9-23-20)14-6-3-7-15-17(14)26-21(25-15)28-19(30)16-10-12-4-1-2-5-13(12)11-24-16/h1-9,16,24H,10-11H2,(H2,22,23,27,29)(H2,25,26,28,30)/t16-/m0/s1. The van der Waals surface area contributed by atoms with Gasteiger partial charge < -0.3 is 15.3 Å². The molecule has 9 nitrogen and oxygen atoms in total. The summed E-state index contributed by atoms with van der Waals surface area (Å²) in [5.41, 5.74) is 3.87. The number of hydrogen-bond acceptors (Lipinski definition) is 5. The fraction of sp³-hybridized carbons (Fsp3) is 0.143. The van der Waals surface area contributed by atoms with Crippen LogP contribution >= 0.6 is 0 Å². The van der Waals surface area contributed by atoms with E-state index in [4.69, 9.17) is 0 Å². The molecule has 0 fully saturated rings. The lowest BCUT2D eigenvalue weighted by Crippen LogP contribution is -2.44. The molecule has 0 saturated heterocycles. The molecule has 5 rings (SSSR count). The molecule has 0 saturated carbocycles. The predicted molar refractivity (Wildman–Crippen MR) is 112 cm³/mol. The Hall–Kier alpha value is -3.98. The Labute approximate surface area is 171 Å². The molecular formula is C21H19N7O2. The number of benzene rings is 2. The number of para-hydroxylation sites is 1. The Bertz CT molecular complexity index is 1230. The number of H-pyrrole nitrogens is 2. The summed E-state index contributed by atoms with van der Waals surface area (Å²) in [5, 5.41) is 8.77. The van der Waals surface area contributed by atoms with Crippen molar-refractivity contribution in [1.29, 1.82) is 0 Å². The Kier molecular flexibility index (Phi) is 4.49. The van der Waals surface area contributed by atoms with Gasteiger partial charge in [0.25, 0.3) is 5.91 Å². The van der Waals surface area contributed by atoms with Crippen LogP contribution in [0, 0.1) is 0 Å². The van der Waals surface area contributed by atoms with Crippen molar-refractivity contribution in [3.63, 3.8) is 0 Å². The molecule has 0 spiro atoms. The molecule has 1 atom stereocenters. The highest BCUT2D eigenvalue weighted by molar-refractivity contribution is 6.11. The molecule has 0 bridgehead atoms. The summed E-state index contributed by atoms with van der Waals surface area (Å²) in [6, 6.07) is 13.0. The summed E-state index contributed by atoms with van der Waals surface area (Å²) >= 11 is 0. The Morgan fingerprint density at radius 3 is 2.70 bits per heavy atom. The van der Waals surface area contributed by atoms with Gasteiger partial charge in [-0.25, -0.2) is 9.97 Å². The molecule has 30 heavy (non-hydrogen) atoms. The van der Waals surface area contributed by atoms with E-state index in [1.54, 1.807) is 30.6 Å². The molecule has 0 unspecified atom stereocenters. The fourth-order valence-electron chi connectivity index (χ4n) is 3.63. The van der Waals surface area contributed by atoms with Gasteiger partial charge in [-0.2, -0.15) is 0 Å². The van der Waals surface area contributed by atoms with Crippen LogP contribution in [0.4, 0.5) is 11.9 Å². The van der Waals surface area contributed by atoms with E-state index < -0.39 is 0 Å². The number of fused-ring (bicyclic) bond motifs is 2. The topological polar surface area (TPSA) is 128 Å². The van der Waals surface area contributed by atoms with Crippen molar-refractivity contribution in [3.8, 4) is 0 Å². The van der Waals surface area contributed by atoms with Gasteiger partial charge in [0.2, 0.25) is 17.8 Å². The minimum absolute atomic E-state index is 0.176. The predicted octanol–water partition coefficient (Wildman–Crippen LogP) is 2.19. The second-order valence-corrected chi connectivity index (χ2v) is 7.07. The lowest BCUT2D eigenvalue weighted by Gasteiger charge is -2.24. The van der Waals surface area contributed by atoms with Gasteiger partial charge in [0, 0.05) is 18.9 Å². The van der Waals surface area contributed by atoms with Crippen molar-refractivity contribution in [1.82, 2.24) is 25.3 Å². The number of carbonyl (C=O) groups is 2. The zero-order valence-electron chi connectivity index (χ0n) is 15.9. The summed E-state index contributed by atoms with van der Waals surface area (Å²) < 4.78 is 0. The normalized spacial score (nSPS) is 15.5. The van der Waals surface area contributed by atoms with Crippen LogP contribution in [0.25, 0.3) is 11.0 Å². The van der Waals surface area contributed by atoms with E-state index in [0.717, 1.165) is 5.56 Å². The average molecular weight is 401 g/mol. The van der Waals surface area contributed by atoms with Gasteiger partial charge in [-0.15, -0.1) is 0 Å². The first-order valence-electron chi connectivity index (χ1n) is 9.58. The van der Waals surface area contributed by atoms with Gasteiger partial charge in [-0.1, -0.05) is 30.3 Å². The highest BCUT2D eigenvalue weighted by atomic mass is 16.2. The molecule has 2 aromatic carbocycles. The average Bonchev–Trinajstić information content (AvgIpc) is 3.42. The van der Waals surface area contributed by atoms with Crippen LogP contribution < -0.4 is 16.0 Å². The molecular weight excluding hydrogens is 382 g/mol.